The summed E-state index contributed by atoms with van der Waals surface area (Å²) in [4.78, 5) is 8.97. The zero-order chi connectivity index (χ0) is 13.0. The molecule has 2 rings (SSSR count). The smallest absolute Gasteiger partial charge is 0.187 e. The fraction of sp³-hybridized carbons (Fsp3) is 0.692. The largest absolute Gasteiger partial charge is 0.353 e. The van der Waals surface area contributed by atoms with Crippen LogP contribution in [0.3, 0.4) is 0 Å². The van der Waals surface area contributed by atoms with E-state index in [-0.39, 0.29) is 6.29 Å². The lowest BCUT2D eigenvalue weighted by atomic mass is 10.2. The molecule has 2 heterocycles. The molecule has 1 saturated heterocycles. The summed E-state index contributed by atoms with van der Waals surface area (Å²) >= 11 is 1.67. The number of rotatable bonds is 4. The Balaban J connectivity index is 1.82. The van der Waals surface area contributed by atoms with Crippen LogP contribution in [0.15, 0.2) is 5.16 Å². The third-order valence-corrected chi connectivity index (χ3v) is 3.97. The molecule has 1 aliphatic heterocycles. The standard InChI is InChI=1S/C13H20N2O2S/c1-9-10(2)14-13(15-11(9)3)18-8-5-12-16-6-4-7-17-12/h12H,4-8H2,1-3H3. The van der Waals surface area contributed by atoms with E-state index >= 15 is 0 Å². The van der Waals surface area contributed by atoms with Gasteiger partial charge in [-0.15, -0.1) is 0 Å². The van der Waals surface area contributed by atoms with Crippen LogP contribution in [0, 0.1) is 20.8 Å². The molecule has 0 unspecified atom stereocenters. The van der Waals surface area contributed by atoms with Gasteiger partial charge in [-0.05, 0) is 32.8 Å². The summed E-state index contributed by atoms with van der Waals surface area (Å²) in [5.74, 6) is 0.923. The van der Waals surface area contributed by atoms with Crippen molar-refractivity contribution < 1.29 is 9.47 Å². The monoisotopic (exact) mass is 268 g/mol. The minimum absolute atomic E-state index is 0.0427. The lowest BCUT2D eigenvalue weighted by Crippen LogP contribution is -2.25. The molecule has 18 heavy (non-hydrogen) atoms. The van der Waals surface area contributed by atoms with Crippen molar-refractivity contribution in [1.29, 1.82) is 0 Å². The zero-order valence-corrected chi connectivity index (χ0v) is 12.0. The second-order valence-electron chi connectivity index (χ2n) is 4.46. The first-order valence-corrected chi connectivity index (χ1v) is 7.33. The highest BCUT2D eigenvalue weighted by Gasteiger charge is 2.14. The molecule has 1 aromatic heterocycles. The lowest BCUT2D eigenvalue weighted by Gasteiger charge is -2.22. The van der Waals surface area contributed by atoms with Gasteiger partial charge in [0.05, 0.1) is 13.2 Å². The molecule has 1 fully saturated rings. The highest BCUT2D eigenvalue weighted by atomic mass is 32.2. The van der Waals surface area contributed by atoms with E-state index < -0.39 is 0 Å². The van der Waals surface area contributed by atoms with Gasteiger partial charge >= 0.3 is 0 Å². The van der Waals surface area contributed by atoms with Crippen LogP contribution >= 0.6 is 11.8 Å². The van der Waals surface area contributed by atoms with Crippen LogP contribution in [-0.2, 0) is 9.47 Å². The SMILES string of the molecule is Cc1nc(SCCC2OCCCO2)nc(C)c1C. The fourth-order valence-electron chi connectivity index (χ4n) is 1.76. The summed E-state index contributed by atoms with van der Waals surface area (Å²) in [6.07, 6.45) is 1.85. The number of hydrogen-bond acceptors (Lipinski definition) is 5. The molecular weight excluding hydrogens is 248 g/mol. The highest BCUT2D eigenvalue weighted by molar-refractivity contribution is 7.99. The Morgan fingerprint density at radius 3 is 2.33 bits per heavy atom. The number of aryl methyl sites for hydroxylation is 2. The predicted octanol–water partition coefficient (Wildman–Crippen LogP) is 2.65. The molecule has 5 heteroatoms. The second kappa shape index (κ2) is 6.50. The van der Waals surface area contributed by atoms with Crippen molar-refractivity contribution in [2.75, 3.05) is 19.0 Å². The van der Waals surface area contributed by atoms with Crippen LogP contribution in [0.2, 0.25) is 0 Å². The molecule has 0 bridgehead atoms. The van der Waals surface area contributed by atoms with Crippen LogP contribution in [0.5, 0.6) is 0 Å². The molecule has 0 spiro atoms. The number of thioether (sulfide) groups is 1. The van der Waals surface area contributed by atoms with Gasteiger partial charge in [-0.1, -0.05) is 11.8 Å². The topological polar surface area (TPSA) is 44.2 Å². The average molecular weight is 268 g/mol. The van der Waals surface area contributed by atoms with Crippen LogP contribution in [0.1, 0.15) is 29.8 Å². The van der Waals surface area contributed by atoms with Crippen molar-refractivity contribution in [2.45, 2.75) is 45.1 Å². The van der Waals surface area contributed by atoms with E-state index in [2.05, 4.69) is 16.9 Å². The first kappa shape index (κ1) is 13.8. The molecule has 1 aromatic rings. The highest BCUT2D eigenvalue weighted by Crippen LogP contribution is 2.20. The third kappa shape index (κ3) is 3.67. The third-order valence-electron chi connectivity index (χ3n) is 3.09. The van der Waals surface area contributed by atoms with Gasteiger partial charge in [0.25, 0.3) is 0 Å². The van der Waals surface area contributed by atoms with Gasteiger partial charge in [-0.3, -0.25) is 0 Å². The summed E-state index contributed by atoms with van der Waals surface area (Å²) in [7, 11) is 0. The minimum Gasteiger partial charge on any atom is -0.353 e. The number of aromatic nitrogens is 2. The Kier molecular flexibility index (Phi) is 4.97. The van der Waals surface area contributed by atoms with E-state index in [9.17, 15) is 0 Å². The number of ether oxygens (including phenoxy) is 2. The Morgan fingerprint density at radius 2 is 1.72 bits per heavy atom. The molecule has 0 aliphatic carbocycles. The van der Waals surface area contributed by atoms with Crippen molar-refractivity contribution >= 4 is 11.8 Å². The molecular formula is C13H20N2O2S. The molecule has 0 radical (unpaired) electrons. The van der Waals surface area contributed by atoms with Gasteiger partial charge in [-0.2, -0.15) is 0 Å². The average Bonchev–Trinajstić information content (AvgIpc) is 2.37. The molecule has 0 atom stereocenters. The quantitative estimate of drug-likeness (QED) is 0.620. The number of nitrogens with zero attached hydrogens (tertiary/aromatic N) is 2. The Labute approximate surface area is 112 Å². The molecule has 0 saturated carbocycles. The van der Waals surface area contributed by atoms with Gasteiger partial charge in [0.2, 0.25) is 0 Å². The van der Waals surface area contributed by atoms with E-state index in [1.165, 1.54) is 5.56 Å². The van der Waals surface area contributed by atoms with Crippen molar-refractivity contribution in [3.8, 4) is 0 Å². The van der Waals surface area contributed by atoms with Crippen LogP contribution in [0.25, 0.3) is 0 Å². The minimum atomic E-state index is -0.0427. The maximum atomic E-state index is 5.51. The van der Waals surface area contributed by atoms with Crippen LogP contribution in [-0.4, -0.2) is 35.2 Å². The molecule has 0 N–H and O–H groups in total. The Morgan fingerprint density at radius 1 is 1.11 bits per heavy atom. The zero-order valence-electron chi connectivity index (χ0n) is 11.2. The summed E-state index contributed by atoms with van der Waals surface area (Å²) in [5, 5.41) is 0.853. The number of hydrogen-bond donors (Lipinski definition) is 0. The first-order valence-electron chi connectivity index (χ1n) is 6.34. The van der Waals surface area contributed by atoms with Gasteiger partial charge in [0.1, 0.15) is 0 Å². The van der Waals surface area contributed by atoms with E-state index in [0.29, 0.717) is 0 Å². The second-order valence-corrected chi connectivity index (χ2v) is 5.53. The Bertz CT molecular complexity index is 383. The molecule has 4 nitrogen and oxygen atoms in total. The van der Waals surface area contributed by atoms with Crippen molar-refractivity contribution in [1.82, 2.24) is 9.97 Å². The molecule has 1 aliphatic rings. The fourth-order valence-corrected chi connectivity index (χ4v) is 2.65. The normalized spacial score (nSPS) is 17.1. The van der Waals surface area contributed by atoms with E-state index in [1.807, 2.05) is 13.8 Å². The summed E-state index contributed by atoms with van der Waals surface area (Å²) in [6, 6.07) is 0. The maximum absolute atomic E-state index is 5.51. The van der Waals surface area contributed by atoms with Gasteiger partial charge in [0, 0.05) is 23.6 Å². The van der Waals surface area contributed by atoms with Crippen molar-refractivity contribution in [3.63, 3.8) is 0 Å². The van der Waals surface area contributed by atoms with Gasteiger partial charge < -0.3 is 9.47 Å². The van der Waals surface area contributed by atoms with Crippen molar-refractivity contribution in [2.24, 2.45) is 0 Å². The molecule has 100 valence electrons. The molecule has 0 aromatic carbocycles. The summed E-state index contributed by atoms with van der Waals surface area (Å²) < 4.78 is 11.0. The first-order chi connectivity index (χ1) is 8.66. The van der Waals surface area contributed by atoms with Crippen molar-refractivity contribution in [3.05, 3.63) is 17.0 Å². The van der Waals surface area contributed by atoms with Gasteiger partial charge in [0.15, 0.2) is 11.4 Å². The summed E-state index contributed by atoms with van der Waals surface area (Å²) in [5.41, 5.74) is 3.31. The summed E-state index contributed by atoms with van der Waals surface area (Å²) in [6.45, 7) is 7.74. The Hall–Kier alpha value is -0.650. The van der Waals surface area contributed by atoms with Gasteiger partial charge in [-0.25, -0.2) is 9.97 Å². The van der Waals surface area contributed by atoms with E-state index in [1.54, 1.807) is 11.8 Å². The van der Waals surface area contributed by atoms with E-state index in [0.717, 1.165) is 48.4 Å². The maximum Gasteiger partial charge on any atom is 0.187 e. The van der Waals surface area contributed by atoms with Crippen LogP contribution < -0.4 is 0 Å². The van der Waals surface area contributed by atoms with E-state index in [4.69, 9.17) is 9.47 Å². The molecule has 0 amide bonds. The van der Waals surface area contributed by atoms with Crippen LogP contribution in [0.4, 0.5) is 0 Å². The predicted molar refractivity (Wildman–Crippen MR) is 71.9 cm³/mol. The lowest BCUT2D eigenvalue weighted by molar-refractivity contribution is -0.178.